The van der Waals surface area contributed by atoms with Crippen LogP contribution in [0.3, 0.4) is 0 Å². The van der Waals surface area contributed by atoms with E-state index in [-0.39, 0.29) is 17.6 Å². The van der Waals surface area contributed by atoms with Crippen molar-refractivity contribution in [1.82, 2.24) is 14.8 Å². The van der Waals surface area contributed by atoms with Gasteiger partial charge in [0, 0.05) is 23.1 Å². The van der Waals surface area contributed by atoms with E-state index in [1.54, 1.807) is 13.8 Å². The van der Waals surface area contributed by atoms with Crippen molar-refractivity contribution in [1.29, 1.82) is 0 Å². The van der Waals surface area contributed by atoms with E-state index in [1.807, 2.05) is 0 Å². The molecule has 0 amide bonds. The summed E-state index contributed by atoms with van der Waals surface area (Å²) >= 11 is 0. The van der Waals surface area contributed by atoms with Crippen LogP contribution in [0.1, 0.15) is 31.3 Å². The van der Waals surface area contributed by atoms with Crippen molar-refractivity contribution in [3.8, 4) is 0 Å². The van der Waals surface area contributed by atoms with E-state index in [0.29, 0.717) is 11.4 Å². The Balaban J connectivity index is 2.45. The van der Waals surface area contributed by atoms with Gasteiger partial charge in [-0.3, -0.25) is 4.57 Å². The Kier molecular flexibility index (Phi) is 4.29. The minimum Gasteiger partial charge on any atom is -0.298 e. The Bertz CT molecular complexity index is 775. The first-order valence-electron chi connectivity index (χ1n) is 6.02. The summed E-state index contributed by atoms with van der Waals surface area (Å²) in [6.45, 7) is 3.48. The molecule has 1 aromatic heterocycles. The second kappa shape index (κ2) is 5.69. The van der Waals surface area contributed by atoms with Gasteiger partial charge in [-0.15, -0.1) is 10.2 Å². The molecule has 2 aromatic rings. The second-order valence-electron chi connectivity index (χ2n) is 4.73. The molecule has 0 bridgehead atoms. The van der Waals surface area contributed by atoms with Gasteiger partial charge in [0.05, 0.1) is 0 Å². The first-order chi connectivity index (χ1) is 9.70. The standard InChI is InChI=1S/C12H12ClF2N3O2S/c1-7(2)18-11(16-17-12(18)21(13,19)20)6-8-3-4-9(14)10(15)5-8/h3-5,7H,6H2,1-2H3. The van der Waals surface area contributed by atoms with Crippen LogP contribution in [0.15, 0.2) is 23.4 Å². The van der Waals surface area contributed by atoms with E-state index in [1.165, 1.54) is 10.6 Å². The molecule has 1 heterocycles. The molecule has 0 radical (unpaired) electrons. The van der Waals surface area contributed by atoms with E-state index in [2.05, 4.69) is 10.2 Å². The summed E-state index contributed by atoms with van der Waals surface area (Å²) in [5.41, 5.74) is 0.446. The number of hydrogen-bond acceptors (Lipinski definition) is 4. The SMILES string of the molecule is CC(C)n1c(Cc2ccc(F)c(F)c2)nnc1S(=O)(=O)Cl. The lowest BCUT2D eigenvalue weighted by molar-refractivity contribution is 0.504. The van der Waals surface area contributed by atoms with Crippen LogP contribution in [0.4, 0.5) is 8.78 Å². The predicted octanol–water partition coefficient (Wildman–Crippen LogP) is 2.66. The Hall–Kier alpha value is -1.54. The Morgan fingerprint density at radius 2 is 1.90 bits per heavy atom. The number of nitrogens with zero attached hydrogens (tertiary/aromatic N) is 3. The molecule has 114 valence electrons. The van der Waals surface area contributed by atoms with Crippen LogP contribution < -0.4 is 0 Å². The van der Waals surface area contributed by atoms with Gasteiger partial charge in [-0.25, -0.2) is 17.2 Å². The average molecular weight is 336 g/mol. The third-order valence-electron chi connectivity index (χ3n) is 2.82. The molecule has 5 nitrogen and oxygen atoms in total. The molecule has 0 unspecified atom stereocenters. The summed E-state index contributed by atoms with van der Waals surface area (Å²) in [6, 6.07) is 3.17. The molecule has 0 fully saturated rings. The van der Waals surface area contributed by atoms with E-state index < -0.39 is 20.7 Å². The summed E-state index contributed by atoms with van der Waals surface area (Å²) in [4.78, 5) is 0. The summed E-state index contributed by atoms with van der Waals surface area (Å²) < 4.78 is 50.4. The first kappa shape index (κ1) is 15.8. The molecule has 0 N–H and O–H groups in total. The lowest BCUT2D eigenvalue weighted by Gasteiger charge is -2.12. The molecular weight excluding hydrogens is 324 g/mol. The van der Waals surface area contributed by atoms with Gasteiger partial charge in [0.15, 0.2) is 11.6 Å². The van der Waals surface area contributed by atoms with Crippen molar-refractivity contribution in [2.75, 3.05) is 0 Å². The minimum atomic E-state index is -4.04. The molecule has 2 rings (SSSR count). The van der Waals surface area contributed by atoms with Gasteiger partial charge in [-0.05, 0) is 31.5 Å². The van der Waals surface area contributed by atoms with E-state index >= 15 is 0 Å². The number of halogens is 3. The van der Waals surface area contributed by atoms with Crippen LogP contribution >= 0.6 is 10.7 Å². The van der Waals surface area contributed by atoms with Crippen molar-refractivity contribution in [3.63, 3.8) is 0 Å². The largest absolute Gasteiger partial charge is 0.298 e. The number of rotatable bonds is 4. The van der Waals surface area contributed by atoms with Crippen LogP contribution in [0, 0.1) is 11.6 Å². The highest BCUT2D eigenvalue weighted by molar-refractivity contribution is 8.13. The maximum absolute atomic E-state index is 13.2. The van der Waals surface area contributed by atoms with Gasteiger partial charge < -0.3 is 0 Å². The van der Waals surface area contributed by atoms with Crippen molar-refractivity contribution < 1.29 is 17.2 Å². The minimum absolute atomic E-state index is 0.106. The summed E-state index contributed by atoms with van der Waals surface area (Å²) in [5, 5.41) is 6.99. The molecule has 0 saturated heterocycles. The summed E-state index contributed by atoms with van der Waals surface area (Å²) in [6.07, 6.45) is 0.106. The Labute approximate surface area is 125 Å². The fraction of sp³-hybridized carbons (Fsp3) is 0.333. The highest BCUT2D eigenvalue weighted by Crippen LogP contribution is 2.21. The molecule has 1 aromatic carbocycles. The molecule has 0 aliphatic heterocycles. The third kappa shape index (κ3) is 3.38. The van der Waals surface area contributed by atoms with E-state index in [9.17, 15) is 17.2 Å². The van der Waals surface area contributed by atoms with Crippen LogP contribution in [0.2, 0.25) is 0 Å². The van der Waals surface area contributed by atoms with Gasteiger partial charge in [0.1, 0.15) is 5.82 Å². The topological polar surface area (TPSA) is 64.8 Å². The molecule has 21 heavy (non-hydrogen) atoms. The molecule has 0 spiro atoms. The van der Waals surface area contributed by atoms with Crippen LogP contribution in [-0.4, -0.2) is 23.2 Å². The average Bonchev–Trinajstić information content (AvgIpc) is 2.77. The van der Waals surface area contributed by atoms with Gasteiger partial charge in [0.25, 0.3) is 14.2 Å². The van der Waals surface area contributed by atoms with E-state index in [4.69, 9.17) is 10.7 Å². The maximum Gasteiger partial charge on any atom is 0.296 e. The van der Waals surface area contributed by atoms with Crippen LogP contribution in [-0.2, 0) is 15.5 Å². The Morgan fingerprint density at radius 1 is 1.24 bits per heavy atom. The predicted molar refractivity (Wildman–Crippen MR) is 72.6 cm³/mol. The van der Waals surface area contributed by atoms with Gasteiger partial charge in [-0.2, -0.15) is 0 Å². The lowest BCUT2D eigenvalue weighted by atomic mass is 10.1. The quantitative estimate of drug-likeness (QED) is 0.806. The highest BCUT2D eigenvalue weighted by atomic mass is 35.7. The number of hydrogen-bond donors (Lipinski definition) is 0. The van der Waals surface area contributed by atoms with Gasteiger partial charge >= 0.3 is 0 Å². The number of benzene rings is 1. The maximum atomic E-state index is 13.2. The first-order valence-corrected chi connectivity index (χ1v) is 8.33. The van der Waals surface area contributed by atoms with Crippen molar-refractivity contribution in [2.45, 2.75) is 31.5 Å². The monoisotopic (exact) mass is 335 g/mol. The lowest BCUT2D eigenvalue weighted by Crippen LogP contribution is -2.12. The summed E-state index contributed by atoms with van der Waals surface area (Å²) in [5.74, 6) is -1.63. The zero-order chi connectivity index (χ0) is 15.8. The van der Waals surface area contributed by atoms with Crippen LogP contribution in [0.25, 0.3) is 0 Å². The third-order valence-corrected chi connectivity index (χ3v) is 3.94. The summed E-state index contributed by atoms with van der Waals surface area (Å²) in [7, 11) is 1.27. The van der Waals surface area contributed by atoms with Crippen LogP contribution in [0.5, 0.6) is 0 Å². The van der Waals surface area contributed by atoms with Gasteiger partial charge in [0.2, 0.25) is 0 Å². The molecule has 0 aliphatic rings. The van der Waals surface area contributed by atoms with E-state index in [0.717, 1.165) is 12.1 Å². The fourth-order valence-corrected chi connectivity index (χ4v) is 2.95. The Morgan fingerprint density at radius 3 is 2.43 bits per heavy atom. The zero-order valence-corrected chi connectivity index (χ0v) is 12.8. The molecule has 0 aliphatic carbocycles. The number of aromatic nitrogens is 3. The molecule has 0 atom stereocenters. The second-order valence-corrected chi connectivity index (χ2v) is 7.19. The smallest absolute Gasteiger partial charge is 0.296 e. The zero-order valence-electron chi connectivity index (χ0n) is 11.2. The molecule has 0 saturated carbocycles. The normalized spacial score (nSPS) is 12.1. The molecule has 9 heteroatoms. The van der Waals surface area contributed by atoms with Crippen molar-refractivity contribution in [2.24, 2.45) is 0 Å². The molecular formula is C12H12ClF2N3O2S. The highest BCUT2D eigenvalue weighted by Gasteiger charge is 2.24. The fourth-order valence-electron chi connectivity index (χ4n) is 1.95. The van der Waals surface area contributed by atoms with Crippen molar-refractivity contribution in [3.05, 3.63) is 41.2 Å². The van der Waals surface area contributed by atoms with Crippen molar-refractivity contribution >= 4 is 19.7 Å². The van der Waals surface area contributed by atoms with Gasteiger partial charge in [-0.1, -0.05) is 6.07 Å².